The summed E-state index contributed by atoms with van der Waals surface area (Å²) in [5.74, 6) is -0.345. The van der Waals surface area contributed by atoms with Crippen molar-refractivity contribution in [3.8, 4) is 0 Å². The quantitative estimate of drug-likeness (QED) is 0.398. The second kappa shape index (κ2) is 10.7. The second-order valence-corrected chi connectivity index (χ2v) is 8.81. The molecule has 0 bridgehead atoms. The van der Waals surface area contributed by atoms with Gasteiger partial charge in [-0.05, 0) is 49.2 Å². The van der Waals surface area contributed by atoms with Gasteiger partial charge in [-0.25, -0.2) is 4.79 Å². The van der Waals surface area contributed by atoms with E-state index in [0.717, 1.165) is 32.1 Å². The minimum absolute atomic E-state index is 0.0275. The van der Waals surface area contributed by atoms with Crippen molar-refractivity contribution in [3.63, 3.8) is 0 Å². The van der Waals surface area contributed by atoms with Crippen LogP contribution >= 0.6 is 0 Å². The zero-order valence-corrected chi connectivity index (χ0v) is 19.6. The summed E-state index contributed by atoms with van der Waals surface area (Å²) in [6.07, 6.45) is -5.23. The van der Waals surface area contributed by atoms with E-state index in [1.54, 1.807) is 25.1 Å². The number of halogens is 6. The van der Waals surface area contributed by atoms with Gasteiger partial charge in [0.25, 0.3) is 5.91 Å². The molecular formula is C24H26F6N4O2. The van der Waals surface area contributed by atoms with Gasteiger partial charge in [0.05, 0.1) is 16.7 Å². The van der Waals surface area contributed by atoms with Crippen molar-refractivity contribution < 1.29 is 35.9 Å². The molecule has 36 heavy (non-hydrogen) atoms. The molecule has 2 aromatic rings. The monoisotopic (exact) mass is 516 g/mol. The van der Waals surface area contributed by atoms with Gasteiger partial charge in [0.2, 0.25) is 0 Å². The third-order valence-electron chi connectivity index (χ3n) is 5.77. The fourth-order valence-corrected chi connectivity index (χ4v) is 4.02. The summed E-state index contributed by atoms with van der Waals surface area (Å²) in [6.45, 7) is 0. The van der Waals surface area contributed by atoms with Gasteiger partial charge in [0.15, 0.2) is 0 Å². The number of amides is 3. The number of urea groups is 1. The summed E-state index contributed by atoms with van der Waals surface area (Å²) in [5.41, 5.74) is -2.82. The summed E-state index contributed by atoms with van der Waals surface area (Å²) in [5, 5.41) is 7.35. The van der Waals surface area contributed by atoms with Crippen molar-refractivity contribution in [1.82, 2.24) is 5.32 Å². The molecule has 2 aromatic carbocycles. The first kappa shape index (κ1) is 27.2. The number of nitrogens with zero attached hydrogens (tertiary/aromatic N) is 1. The van der Waals surface area contributed by atoms with Crippen LogP contribution in [0.1, 0.15) is 53.6 Å². The molecule has 1 saturated carbocycles. The van der Waals surface area contributed by atoms with Crippen LogP contribution in [0.15, 0.2) is 36.4 Å². The highest BCUT2D eigenvalue weighted by molar-refractivity contribution is 6.04. The van der Waals surface area contributed by atoms with Gasteiger partial charge in [-0.1, -0.05) is 19.3 Å². The lowest BCUT2D eigenvalue weighted by atomic mass is 9.95. The van der Waals surface area contributed by atoms with Crippen LogP contribution in [0.5, 0.6) is 0 Å². The van der Waals surface area contributed by atoms with Crippen molar-refractivity contribution in [2.45, 2.75) is 50.5 Å². The lowest BCUT2D eigenvalue weighted by Gasteiger charge is -2.24. The van der Waals surface area contributed by atoms with Gasteiger partial charge in [-0.15, -0.1) is 0 Å². The molecule has 1 fully saturated rings. The van der Waals surface area contributed by atoms with Gasteiger partial charge >= 0.3 is 18.4 Å². The maximum atomic E-state index is 13.1. The van der Waals surface area contributed by atoms with E-state index in [0.29, 0.717) is 17.8 Å². The third-order valence-corrected chi connectivity index (χ3v) is 5.77. The molecule has 0 unspecified atom stereocenters. The van der Waals surface area contributed by atoms with Crippen LogP contribution in [-0.4, -0.2) is 32.1 Å². The van der Waals surface area contributed by atoms with E-state index in [1.165, 1.54) is 12.1 Å². The molecule has 0 heterocycles. The molecule has 1 aliphatic carbocycles. The number of rotatable bonds is 5. The van der Waals surface area contributed by atoms with E-state index in [1.807, 2.05) is 5.32 Å². The average molecular weight is 516 g/mol. The summed E-state index contributed by atoms with van der Waals surface area (Å²) in [6, 6.07) is 4.21. The molecule has 0 atom stereocenters. The Bertz CT molecular complexity index is 1080. The van der Waals surface area contributed by atoms with E-state index in [2.05, 4.69) is 10.6 Å². The number of benzene rings is 2. The van der Waals surface area contributed by atoms with Crippen molar-refractivity contribution in [3.05, 3.63) is 53.1 Å². The first-order valence-corrected chi connectivity index (χ1v) is 11.2. The largest absolute Gasteiger partial charge is 0.416 e. The molecule has 3 N–H and O–H groups in total. The minimum atomic E-state index is -5.04. The highest BCUT2D eigenvalue weighted by Crippen LogP contribution is 2.37. The average Bonchev–Trinajstić information content (AvgIpc) is 2.78. The number of alkyl halides is 6. The molecule has 3 amide bonds. The predicted molar refractivity (Wildman–Crippen MR) is 124 cm³/mol. The summed E-state index contributed by atoms with van der Waals surface area (Å²) in [4.78, 5) is 27.1. The molecule has 3 rings (SSSR count). The van der Waals surface area contributed by atoms with Crippen LogP contribution in [0.25, 0.3) is 0 Å². The van der Waals surface area contributed by atoms with Crippen molar-refractivity contribution >= 4 is 29.0 Å². The number of carbonyl (C=O) groups excluding carboxylic acids is 2. The topological polar surface area (TPSA) is 73.5 Å². The standard InChI is InChI=1S/C24H26F6N4O2/c1-34(2)20-9-8-17(13-19(20)21(35)31-16-6-4-3-5-7-16)32-22(36)33-18-11-14(23(25,26)27)10-15(12-18)24(28,29)30/h8-13,16H,3-7H2,1-2H3,(H,31,35)(H2,32,33,36). The van der Waals surface area contributed by atoms with E-state index >= 15 is 0 Å². The van der Waals surface area contributed by atoms with Gasteiger partial charge in [0.1, 0.15) is 0 Å². The Morgan fingerprint density at radius 2 is 1.36 bits per heavy atom. The fourth-order valence-electron chi connectivity index (χ4n) is 4.02. The van der Waals surface area contributed by atoms with Crippen LogP contribution in [0.3, 0.4) is 0 Å². The first-order valence-electron chi connectivity index (χ1n) is 11.2. The van der Waals surface area contributed by atoms with E-state index in [-0.39, 0.29) is 29.3 Å². The number of carbonyl (C=O) groups is 2. The maximum Gasteiger partial charge on any atom is 0.416 e. The van der Waals surface area contributed by atoms with Gasteiger partial charge < -0.3 is 20.9 Å². The summed E-state index contributed by atoms with van der Waals surface area (Å²) < 4.78 is 78.4. The van der Waals surface area contributed by atoms with Crippen LogP contribution in [0, 0.1) is 0 Å². The summed E-state index contributed by atoms with van der Waals surface area (Å²) >= 11 is 0. The van der Waals surface area contributed by atoms with Crippen LogP contribution in [0.2, 0.25) is 0 Å². The molecule has 196 valence electrons. The molecular weight excluding hydrogens is 490 g/mol. The van der Waals surface area contributed by atoms with Crippen molar-refractivity contribution in [2.24, 2.45) is 0 Å². The third kappa shape index (κ3) is 7.05. The minimum Gasteiger partial charge on any atom is -0.377 e. The van der Waals surface area contributed by atoms with E-state index in [4.69, 9.17) is 0 Å². The zero-order valence-electron chi connectivity index (χ0n) is 19.6. The smallest absolute Gasteiger partial charge is 0.377 e. The second-order valence-electron chi connectivity index (χ2n) is 8.81. The van der Waals surface area contributed by atoms with E-state index < -0.39 is 35.2 Å². The molecule has 12 heteroatoms. The molecule has 0 aromatic heterocycles. The first-order chi connectivity index (χ1) is 16.7. The number of hydrogen-bond acceptors (Lipinski definition) is 3. The molecule has 0 spiro atoms. The molecule has 1 aliphatic rings. The van der Waals surface area contributed by atoms with E-state index in [9.17, 15) is 35.9 Å². The van der Waals surface area contributed by atoms with Crippen molar-refractivity contribution in [1.29, 1.82) is 0 Å². The Kier molecular flexibility index (Phi) is 8.05. The van der Waals surface area contributed by atoms with Crippen LogP contribution in [0.4, 0.5) is 48.2 Å². The van der Waals surface area contributed by atoms with Crippen molar-refractivity contribution in [2.75, 3.05) is 29.6 Å². The van der Waals surface area contributed by atoms with Gasteiger partial charge in [-0.2, -0.15) is 26.3 Å². The lowest BCUT2D eigenvalue weighted by Crippen LogP contribution is -2.36. The Morgan fingerprint density at radius 1 is 0.806 bits per heavy atom. The Hall–Kier alpha value is -3.44. The van der Waals surface area contributed by atoms with Gasteiger partial charge in [0, 0.05) is 37.2 Å². The Balaban J connectivity index is 1.81. The highest BCUT2D eigenvalue weighted by atomic mass is 19.4. The van der Waals surface area contributed by atoms with Crippen LogP contribution in [-0.2, 0) is 12.4 Å². The number of anilines is 3. The molecule has 0 radical (unpaired) electrons. The Morgan fingerprint density at radius 3 is 1.89 bits per heavy atom. The highest BCUT2D eigenvalue weighted by Gasteiger charge is 2.37. The molecule has 0 saturated heterocycles. The SMILES string of the molecule is CN(C)c1ccc(NC(=O)Nc2cc(C(F)(F)F)cc(C(F)(F)F)c2)cc1C(=O)NC1CCCCC1. The molecule has 6 nitrogen and oxygen atoms in total. The van der Waals surface area contributed by atoms with Gasteiger partial charge in [-0.3, -0.25) is 4.79 Å². The number of nitrogens with one attached hydrogen (secondary N) is 3. The lowest BCUT2D eigenvalue weighted by molar-refractivity contribution is -0.143. The normalized spacial score (nSPS) is 14.8. The predicted octanol–water partition coefficient (Wildman–Crippen LogP) is 6.50. The zero-order chi connectivity index (χ0) is 26.7. The number of hydrogen-bond donors (Lipinski definition) is 3. The maximum absolute atomic E-state index is 13.1. The Labute approximate surface area is 204 Å². The van der Waals surface area contributed by atoms with Crippen LogP contribution < -0.4 is 20.9 Å². The molecule has 0 aliphatic heterocycles. The fraction of sp³-hybridized carbons (Fsp3) is 0.417. The summed E-state index contributed by atoms with van der Waals surface area (Å²) in [7, 11) is 3.47.